The molecule has 4 rings (SSSR count). The van der Waals surface area contributed by atoms with E-state index in [0.717, 1.165) is 23.2 Å². The monoisotopic (exact) mass is 479 g/mol. The molecule has 3 heterocycles. The Morgan fingerprint density at radius 3 is 3.00 bits per heavy atom. The van der Waals surface area contributed by atoms with Crippen LogP contribution in [0.25, 0.3) is 0 Å². The standard InChI is InChI=1S/C22H27Cl2N5O3/c1-13(14-2-3-18(23)19(24)8-14)26-22(31)29-6-4-15-10-25-21(28-20(15)11-29)27-16-5-7-32-17(9-16)12-30/h2-3,8,10,13,16-17,30H,4-7,9,11-12H2,1H3,(H,26,31)(H,25,27,28)/t13-,16-,17+/m1/s1. The molecule has 10 heteroatoms. The van der Waals surface area contributed by atoms with Gasteiger partial charge in [-0.05, 0) is 49.4 Å². The van der Waals surface area contributed by atoms with E-state index in [1.165, 1.54) is 0 Å². The van der Waals surface area contributed by atoms with Crippen molar-refractivity contribution in [3.63, 3.8) is 0 Å². The Morgan fingerprint density at radius 1 is 1.38 bits per heavy atom. The number of benzene rings is 1. The topological polar surface area (TPSA) is 99.6 Å². The van der Waals surface area contributed by atoms with Crippen LogP contribution >= 0.6 is 23.2 Å². The Labute approximate surface area is 197 Å². The minimum Gasteiger partial charge on any atom is -0.394 e. The lowest BCUT2D eigenvalue weighted by Gasteiger charge is -2.31. The van der Waals surface area contributed by atoms with Gasteiger partial charge < -0.3 is 25.4 Å². The van der Waals surface area contributed by atoms with Gasteiger partial charge in [0.05, 0.1) is 41.0 Å². The molecule has 8 nitrogen and oxygen atoms in total. The zero-order valence-corrected chi connectivity index (χ0v) is 19.4. The lowest BCUT2D eigenvalue weighted by Crippen LogP contribution is -2.44. The van der Waals surface area contributed by atoms with Gasteiger partial charge in [-0.3, -0.25) is 0 Å². The smallest absolute Gasteiger partial charge is 0.318 e. The van der Waals surface area contributed by atoms with Crippen LogP contribution in [0.15, 0.2) is 24.4 Å². The number of aliphatic hydroxyl groups excluding tert-OH is 1. The maximum absolute atomic E-state index is 12.9. The number of hydrogen-bond acceptors (Lipinski definition) is 6. The third-order valence-corrected chi connectivity index (χ3v) is 6.66. The molecule has 1 fully saturated rings. The van der Waals surface area contributed by atoms with Crippen molar-refractivity contribution in [2.75, 3.05) is 25.1 Å². The van der Waals surface area contributed by atoms with Crippen LogP contribution in [-0.2, 0) is 17.7 Å². The van der Waals surface area contributed by atoms with Crippen molar-refractivity contribution < 1.29 is 14.6 Å². The van der Waals surface area contributed by atoms with Crippen molar-refractivity contribution >= 4 is 35.2 Å². The fourth-order valence-electron chi connectivity index (χ4n) is 4.01. The molecule has 2 aliphatic rings. The van der Waals surface area contributed by atoms with Crippen LogP contribution in [-0.4, -0.2) is 57.9 Å². The maximum atomic E-state index is 12.9. The zero-order valence-electron chi connectivity index (χ0n) is 17.9. The highest BCUT2D eigenvalue weighted by atomic mass is 35.5. The second kappa shape index (κ2) is 10.2. The van der Waals surface area contributed by atoms with E-state index in [0.29, 0.717) is 48.5 Å². The van der Waals surface area contributed by atoms with Gasteiger partial charge in [0.15, 0.2) is 0 Å². The van der Waals surface area contributed by atoms with Crippen LogP contribution in [0, 0.1) is 0 Å². The maximum Gasteiger partial charge on any atom is 0.318 e. The number of carbonyl (C=O) groups is 1. The highest BCUT2D eigenvalue weighted by Gasteiger charge is 2.26. The molecular weight excluding hydrogens is 453 g/mol. The molecule has 1 saturated heterocycles. The van der Waals surface area contributed by atoms with Crippen LogP contribution in [0.4, 0.5) is 10.7 Å². The lowest BCUT2D eigenvalue weighted by molar-refractivity contribution is -0.0213. The Balaban J connectivity index is 1.38. The molecule has 0 aliphatic carbocycles. The normalized spacial score (nSPS) is 21.6. The average molecular weight is 480 g/mol. The van der Waals surface area contributed by atoms with Gasteiger partial charge in [0.2, 0.25) is 5.95 Å². The van der Waals surface area contributed by atoms with Gasteiger partial charge in [0.1, 0.15) is 0 Å². The zero-order chi connectivity index (χ0) is 22.7. The van der Waals surface area contributed by atoms with Crippen molar-refractivity contribution in [1.82, 2.24) is 20.2 Å². The number of amides is 2. The first kappa shape index (κ1) is 23.0. The van der Waals surface area contributed by atoms with Gasteiger partial charge in [0, 0.05) is 25.4 Å². The third kappa shape index (κ3) is 5.43. The van der Waals surface area contributed by atoms with Gasteiger partial charge in [-0.15, -0.1) is 0 Å². The van der Waals surface area contributed by atoms with Crippen LogP contribution in [0.1, 0.15) is 42.6 Å². The van der Waals surface area contributed by atoms with Crippen LogP contribution in [0.3, 0.4) is 0 Å². The Bertz CT molecular complexity index is 977. The van der Waals surface area contributed by atoms with Crippen molar-refractivity contribution in [3.8, 4) is 0 Å². The first-order valence-corrected chi connectivity index (χ1v) is 11.5. The molecule has 0 saturated carbocycles. The second-order valence-corrected chi connectivity index (χ2v) is 9.04. The van der Waals surface area contributed by atoms with E-state index in [1.54, 1.807) is 17.0 Å². The molecule has 2 amide bonds. The molecule has 3 atom stereocenters. The highest BCUT2D eigenvalue weighted by Crippen LogP contribution is 2.26. The summed E-state index contributed by atoms with van der Waals surface area (Å²) < 4.78 is 5.51. The van der Waals surface area contributed by atoms with Crippen molar-refractivity contribution in [1.29, 1.82) is 0 Å². The quantitative estimate of drug-likeness (QED) is 0.605. The van der Waals surface area contributed by atoms with Crippen LogP contribution in [0.5, 0.6) is 0 Å². The van der Waals surface area contributed by atoms with Crippen molar-refractivity contribution in [3.05, 3.63) is 51.3 Å². The molecule has 172 valence electrons. The van der Waals surface area contributed by atoms with E-state index in [1.807, 2.05) is 19.2 Å². The molecule has 0 unspecified atom stereocenters. The minimum absolute atomic E-state index is 0.00788. The number of rotatable bonds is 5. The number of nitrogens with zero attached hydrogens (tertiary/aromatic N) is 3. The molecule has 1 aromatic heterocycles. The third-order valence-electron chi connectivity index (χ3n) is 5.92. The predicted molar refractivity (Wildman–Crippen MR) is 123 cm³/mol. The summed E-state index contributed by atoms with van der Waals surface area (Å²) in [6.07, 6.45) is 3.92. The molecular formula is C22H27Cl2N5O3. The Hall–Kier alpha value is -2.13. The molecule has 0 radical (unpaired) electrons. The molecule has 3 N–H and O–H groups in total. The summed E-state index contributed by atoms with van der Waals surface area (Å²) in [6, 6.07) is 5.13. The van der Waals surface area contributed by atoms with Gasteiger partial charge in [0.25, 0.3) is 0 Å². The van der Waals surface area contributed by atoms with E-state index in [2.05, 4.69) is 20.6 Å². The van der Waals surface area contributed by atoms with E-state index >= 15 is 0 Å². The number of halogens is 2. The number of anilines is 1. The SMILES string of the molecule is C[C@@H](NC(=O)N1CCc2cnc(N[C@@H]3CCO[C@H](CO)C3)nc2C1)c1ccc(Cl)c(Cl)c1. The van der Waals surface area contributed by atoms with Crippen LogP contribution in [0.2, 0.25) is 10.0 Å². The number of aromatic nitrogens is 2. The molecule has 2 aromatic rings. The van der Waals surface area contributed by atoms with Crippen molar-refractivity contribution in [2.45, 2.75) is 50.9 Å². The minimum atomic E-state index is -0.214. The molecule has 1 aromatic carbocycles. The van der Waals surface area contributed by atoms with E-state index in [4.69, 9.17) is 27.9 Å². The van der Waals surface area contributed by atoms with Gasteiger partial charge in [-0.1, -0.05) is 29.3 Å². The Kier molecular flexibility index (Phi) is 7.35. The summed E-state index contributed by atoms with van der Waals surface area (Å²) in [4.78, 5) is 23.7. The lowest BCUT2D eigenvalue weighted by atomic mass is 10.0. The first-order chi connectivity index (χ1) is 15.4. The predicted octanol–water partition coefficient (Wildman–Crippen LogP) is 3.56. The number of urea groups is 1. The fraction of sp³-hybridized carbons (Fsp3) is 0.500. The van der Waals surface area contributed by atoms with Crippen LogP contribution < -0.4 is 10.6 Å². The van der Waals surface area contributed by atoms with Gasteiger partial charge in [-0.25, -0.2) is 14.8 Å². The number of fused-ring (bicyclic) bond motifs is 1. The summed E-state index contributed by atoms with van der Waals surface area (Å²) in [5, 5.41) is 16.7. The van der Waals surface area contributed by atoms with E-state index in [-0.39, 0.29) is 30.8 Å². The number of ether oxygens (including phenoxy) is 1. The fourth-order valence-corrected chi connectivity index (χ4v) is 4.32. The van der Waals surface area contributed by atoms with Gasteiger partial charge >= 0.3 is 6.03 Å². The van der Waals surface area contributed by atoms with Crippen molar-refractivity contribution in [2.24, 2.45) is 0 Å². The molecule has 2 aliphatic heterocycles. The number of carbonyl (C=O) groups excluding carboxylic acids is 1. The molecule has 0 spiro atoms. The van der Waals surface area contributed by atoms with Gasteiger partial charge in [-0.2, -0.15) is 0 Å². The molecule has 0 bridgehead atoms. The summed E-state index contributed by atoms with van der Waals surface area (Å²) in [5.41, 5.74) is 2.78. The largest absolute Gasteiger partial charge is 0.394 e. The second-order valence-electron chi connectivity index (χ2n) is 8.22. The average Bonchev–Trinajstić information content (AvgIpc) is 2.80. The number of nitrogens with one attached hydrogen (secondary N) is 2. The summed E-state index contributed by atoms with van der Waals surface area (Å²) >= 11 is 12.1. The molecule has 32 heavy (non-hydrogen) atoms. The number of hydrogen-bond donors (Lipinski definition) is 3. The Morgan fingerprint density at radius 2 is 2.22 bits per heavy atom. The highest BCUT2D eigenvalue weighted by molar-refractivity contribution is 6.42. The number of aliphatic hydroxyl groups is 1. The van der Waals surface area contributed by atoms with E-state index < -0.39 is 0 Å². The first-order valence-electron chi connectivity index (χ1n) is 10.8. The summed E-state index contributed by atoms with van der Waals surface area (Å²) in [5.74, 6) is 0.541. The van der Waals surface area contributed by atoms with E-state index in [9.17, 15) is 9.90 Å². The summed E-state index contributed by atoms with van der Waals surface area (Å²) in [6.45, 7) is 3.53. The summed E-state index contributed by atoms with van der Waals surface area (Å²) in [7, 11) is 0.